The Hall–Kier alpha value is -2.81. The number of allylic oxidation sites excluding steroid dienone is 14. The Balaban J connectivity index is 4.39. The molecule has 2 unspecified atom stereocenters. The van der Waals surface area contributed by atoms with Gasteiger partial charge in [-0.15, -0.1) is 0 Å². The second-order valence-corrected chi connectivity index (χ2v) is 19.2. The second kappa shape index (κ2) is 45.4. The molecule has 0 aromatic carbocycles. The van der Waals surface area contributed by atoms with Crippen molar-refractivity contribution in [3.63, 3.8) is 0 Å². The quantitative estimate of drug-likeness (QED) is 0.0195. The Morgan fingerprint density at radius 2 is 0.891 bits per heavy atom. The van der Waals surface area contributed by atoms with E-state index < -0.39 is 32.5 Å². The monoisotopic (exact) mass is 916 g/mol. The number of ether oxygens (including phenoxy) is 2. The summed E-state index contributed by atoms with van der Waals surface area (Å²) in [5.41, 5.74) is 0. The maximum atomic E-state index is 12.7. The van der Waals surface area contributed by atoms with Crippen molar-refractivity contribution in [2.75, 3.05) is 47.5 Å². The normalized spacial score (nSPS) is 14.2. The number of hydrogen-bond donors (Lipinski definition) is 0. The van der Waals surface area contributed by atoms with Crippen LogP contribution in [0.4, 0.5) is 0 Å². The Labute approximate surface area is 392 Å². The number of quaternary nitrogens is 1. The maximum absolute atomic E-state index is 12.7. The fourth-order valence-electron chi connectivity index (χ4n) is 6.53. The van der Waals surface area contributed by atoms with Gasteiger partial charge in [0.05, 0.1) is 27.7 Å². The molecule has 9 nitrogen and oxygen atoms in total. The zero-order chi connectivity index (χ0) is 47.1. The predicted molar refractivity (Wildman–Crippen MR) is 268 cm³/mol. The van der Waals surface area contributed by atoms with Crippen molar-refractivity contribution in [3.8, 4) is 0 Å². The molecule has 0 fully saturated rings. The number of carbonyl (C=O) groups excluding carboxylic acids is 2. The molecule has 0 saturated carbocycles. The van der Waals surface area contributed by atoms with E-state index in [1.54, 1.807) is 0 Å². The van der Waals surface area contributed by atoms with Gasteiger partial charge in [-0.05, 0) is 64.2 Å². The number of carbonyl (C=O) groups is 2. The van der Waals surface area contributed by atoms with Crippen LogP contribution in [0.2, 0.25) is 0 Å². The van der Waals surface area contributed by atoms with Crippen molar-refractivity contribution in [1.82, 2.24) is 0 Å². The molecule has 0 saturated heterocycles. The van der Waals surface area contributed by atoms with E-state index in [0.717, 1.165) is 64.2 Å². The summed E-state index contributed by atoms with van der Waals surface area (Å²) in [6.07, 6.45) is 59.1. The minimum atomic E-state index is -4.65. The predicted octanol–water partition coefficient (Wildman–Crippen LogP) is 14.5. The van der Waals surface area contributed by atoms with Crippen molar-refractivity contribution >= 4 is 19.8 Å². The average Bonchev–Trinajstić information content (AvgIpc) is 3.25. The van der Waals surface area contributed by atoms with E-state index in [0.29, 0.717) is 23.9 Å². The highest BCUT2D eigenvalue weighted by molar-refractivity contribution is 7.45. The fraction of sp³-hybridized carbons (Fsp3) is 0.704. The largest absolute Gasteiger partial charge is 0.756 e. The summed E-state index contributed by atoms with van der Waals surface area (Å²) in [6.45, 7) is 4.05. The van der Waals surface area contributed by atoms with Crippen LogP contribution in [0, 0.1) is 0 Å². The molecule has 0 rings (SSSR count). The third-order valence-electron chi connectivity index (χ3n) is 10.4. The Morgan fingerprint density at radius 1 is 0.500 bits per heavy atom. The van der Waals surface area contributed by atoms with Crippen LogP contribution in [-0.4, -0.2) is 70.0 Å². The number of phosphoric acid groups is 1. The van der Waals surface area contributed by atoms with Gasteiger partial charge >= 0.3 is 11.9 Å². The first-order valence-electron chi connectivity index (χ1n) is 25.3. The molecule has 64 heavy (non-hydrogen) atoms. The smallest absolute Gasteiger partial charge is 0.306 e. The number of phosphoric ester groups is 1. The third-order valence-corrected chi connectivity index (χ3v) is 11.4. The zero-order valence-electron chi connectivity index (χ0n) is 41.4. The summed E-state index contributed by atoms with van der Waals surface area (Å²) in [5, 5.41) is 0. The Kier molecular flexibility index (Phi) is 43.4. The van der Waals surface area contributed by atoms with Crippen molar-refractivity contribution < 1.29 is 42.1 Å². The van der Waals surface area contributed by atoms with Crippen molar-refractivity contribution in [3.05, 3.63) is 85.1 Å². The van der Waals surface area contributed by atoms with Crippen LogP contribution in [0.1, 0.15) is 194 Å². The lowest BCUT2D eigenvalue weighted by Gasteiger charge is -2.28. The number of hydrogen-bond acceptors (Lipinski definition) is 8. The van der Waals surface area contributed by atoms with Crippen LogP contribution in [-0.2, 0) is 32.7 Å². The van der Waals surface area contributed by atoms with Crippen molar-refractivity contribution in [1.29, 1.82) is 0 Å². The lowest BCUT2D eigenvalue weighted by atomic mass is 10.0. The van der Waals surface area contributed by atoms with Crippen molar-refractivity contribution in [2.45, 2.75) is 200 Å². The van der Waals surface area contributed by atoms with Crippen LogP contribution < -0.4 is 4.89 Å². The summed E-state index contributed by atoms with van der Waals surface area (Å²) in [7, 11) is 1.12. The van der Waals surface area contributed by atoms with Gasteiger partial charge in [-0.25, -0.2) is 0 Å². The van der Waals surface area contributed by atoms with E-state index in [4.69, 9.17) is 18.5 Å². The molecule has 0 aromatic rings. The highest BCUT2D eigenvalue weighted by atomic mass is 31.2. The molecule has 0 N–H and O–H groups in total. The molecule has 2 atom stereocenters. The molecule has 0 heterocycles. The number of rotatable bonds is 45. The molecule has 0 radical (unpaired) electrons. The summed E-state index contributed by atoms with van der Waals surface area (Å²) < 4.78 is 34.0. The van der Waals surface area contributed by atoms with Crippen LogP contribution in [0.25, 0.3) is 0 Å². The van der Waals surface area contributed by atoms with E-state index in [1.165, 1.54) is 89.9 Å². The molecular formula is C54H94NO8P. The summed E-state index contributed by atoms with van der Waals surface area (Å²) >= 11 is 0. The summed E-state index contributed by atoms with van der Waals surface area (Å²) in [6, 6.07) is 0. The molecule has 0 spiro atoms. The Bertz CT molecular complexity index is 1360. The van der Waals surface area contributed by atoms with E-state index >= 15 is 0 Å². The topological polar surface area (TPSA) is 111 Å². The summed E-state index contributed by atoms with van der Waals surface area (Å²) in [5.74, 6) is -0.904. The number of esters is 2. The van der Waals surface area contributed by atoms with Gasteiger partial charge in [0.25, 0.3) is 7.82 Å². The van der Waals surface area contributed by atoms with Gasteiger partial charge < -0.3 is 27.9 Å². The molecule has 0 aliphatic heterocycles. The highest BCUT2D eigenvalue weighted by Crippen LogP contribution is 2.38. The standard InChI is InChI=1S/C54H94NO8P/c1-6-8-10-12-14-16-18-20-22-24-25-26-27-28-29-31-33-35-37-39-41-43-45-47-54(57)63-52(51-62-64(58,59)61-49-48-55(3,4)5)50-60-53(56)46-44-42-40-38-36-34-32-30-23-21-19-17-15-13-11-9-7-2/h8,10,14,16,20,22,25-26,28-29,33,35,39,41,52H,6-7,9,11-13,15,17-19,21,23-24,27,30-32,34,36-38,40,42-51H2,1-5H3/b10-8-,16-14-,22-20-,26-25-,29-28-,35-33-,41-39-. The highest BCUT2D eigenvalue weighted by Gasteiger charge is 2.21. The molecule has 0 amide bonds. The van der Waals surface area contributed by atoms with Gasteiger partial charge in [-0.3, -0.25) is 14.2 Å². The maximum Gasteiger partial charge on any atom is 0.306 e. The van der Waals surface area contributed by atoms with Crippen LogP contribution in [0.5, 0.6) is 0 Å². The van der Waals surface area contributed by atoms with E-state index in [-0.39, 0.29) is 26.1 Å². The van der Waals surface area contributed by atoms with Gasteiger partial charge in [0.1, 0.15) is 19.8 Å². The molecule has 368 valence electrons. The lowest BCUT2D eigenvalue weighted by molar-refractivity contribution is -0.870. The van der Waals surface area contributed by atoms with E-state index in [2.05, 4.69) is 92.8 Å². The first kappa shape index (κ1) is 61.2. The summed E-state index contributed by atoms with van der Waals surface area (Å²) in [4.78, 5) is 37.7. The van der Waals surface area contributed by atoms with Gasteiger partial charge in [0, 0.05) is 12.8 Å². The van der Waals surface area contributed by atoms with Crippen LogP contribution >= 0.6 is 7.82 Å². The second-order valence-electron chi connectivity index (χ2n) is 17.8. The first-order chi connectivity index (χ1) is 31.0. The van der Waals surface area contributed by atoms with Gasteiger partial charge in [-0.2, -0.15) is 0 Å². The minimum Gasteiger partial charge on any atom is -0.756 e. The molecule has 0 bridgehead atoms. The SMILES string of the molecule is CC/C=C\C/C=C\C/C=C\C/C=C\C/C=C\C/C=C\C/C=C\CCCC(=O)OC(COC(=O)CCCCCCCCCCCCCCCCCCC)COP(=O)([O-])OCC[N+](C)(C)C. The molecule has 0 aliphatic carbocycles. The molecule has 0 aromatic heterocycles. The average molecular weight is 916 g/mol. The number of nitrogens with zero attached hydrogens (tertiary/aromatic N) is 1. The molecule has 0 aliphatic rings. The van der Waals surface area contributed by atoms with Gasteiger partial charge in [0.15, 0.2) is 6.10 Å². The van der Waals surface area contributed by atoms with Crippen molar-refractivity contribution in [2.24, 2.45) is 0 Å². The molecular weight excluding hydrogens is 822 g/mol. The zero-order valence-corrected chi connectivity index (χ0v) is 42.3. The first-order valence-corrected chi connectivity index (χ1v) is 26.8. The third kappa shape index (κ3) is 48.6. The van der Waals surface area contributed by atoms with E-state index in [9.17, 15) is 19.0 Å². The van der Waals surface area contributed by atoms with Gasteiger partial charge in [0.2, 0.25) is 0 Å². The lowest BCUT2D eigenvalue weighted by Crippen LogP contribution is -2.37. The number of likely N-dealkylation sites (N-methyl/N-ethyl adjacent to an activating group) is 1. The van der Waals surface area contributed by atoms with E-state index in [1.807, 2.05) is 27.2 Å². The van der Waals surface area contributed by atoms with Gasteiger partial charge in [-0.1, -0.05) is 202 Å². The Morgan fingerprint density at radius 3 is 1.31 bits per heavy atom. The van der Waals surface area contributed by atoms with Crippen LogP contribution in [0.3, 0.4) is 0 Å². The molecule has 10 heteroatoms. The minimum absolute atomic E-state index is 0.0450. The fourth-order valence-corrected chi connectivity index (χ4v) is 7.25. The number of unbranched alkanes of at least 4 members (excludes halogenated alkanes) is 17. The van der Waals surface area contributed by atoms with Crippen LogP contribution in [0.15, 0.2) is 85.1 Å².